The molecule has 1 unspecified atom stereocenters. The van der Waals surface area contributed by atoms with Gasteiger partial charge in [-0.3, -0.25) is 4.79 Å². The molecule has 1 rings (SSSR count). The minimum Gasteiger partial charge on any atom is -0.451 e. The number of ether oxygens (including phenoxy) is 1. The molecule has 57 valence electrons. The average molecular weight is 177 g/mol. The zero-order valence-electron chi connectivity index (χ0n) is 5.92. The van der Waals surface area contributed by atoms with Gasteiger partial charge >= 0.3 is 5.97 Å². The zero-order chi connectivity index (χ0) is 7.56. The predicted octanol–water partition coefficient (Wildman–Crippen LogP) is 1.86. The molecule has 1 radical (unpaired) electrons. The van der Waals surface area contributed by atoms with Gasteiger partial charge in [0.05, 0.1) is 4.58 Å². The van der Waals surface area contributed by atoms with Crippen molar-refractivity contribution in [3.8, 4) is 0 Å². The maximum Gasteiger partial charge on any atom is 0.303 e. The average Bonchev–Trinajstić information content (AvgIpc) is 2.13. The Morgan fingerprint density at radius 1 is 1.80 bits per heavy atom. The second-order valence-electron chi connectivity index (χ2n) is 1.96. The lowest BCUT2D eigenvalue weighted by atomic mass is 10.8. The molecule has 0 N–H and O–H groups in total. The fourth-order valence-corrected chi connectivity index (χ4v) is 2.95. The van der Waals surface area contributed by atoms with Crippen molar-refractivity contribution in [3.05, 3.63) is 4.58 Å². The van der Waals surface area contributed by atoms with Gasteiger partial charge in [0.2, 0.25) is 0 Å². The molecule has 1 heterocycles. The molecular formula is C6H9O2S2. The van der Waals surface area contributed by atoms with Crippen molar-refractivity contribution >= 4 is 29.5 Å². The Kier molecular flexibility index (Phi) is 2.92. The number of thioether (sulfide) groups is 2. The van der Waals surface area contributed by atoms with Crippen molar-refractivity contribution in [2.45, 2.75) is 19.3 Å². The van der Waals surface area contributed by atoms with E-state index in [0.717, 1.165) is 5.75 Å². The van der Waals surface area contributed by atoms with Gasteiger partial charge in [-0.2, -0.15) is 0 Å². The van der Waals surface area contributed by atoms with Gasteiger partial charge in [-0.1, -0.05) is 11.8 Å². The molecule has 0 aromatic heterocycles. The quantitative estimate of drug-likeness (QED) is 0.571. The molecule has 0 aliphatic carbocycles. The van der Waals surface area contributed by atoms with Crippen molar-refractivity contribution in [1.82, 2.24) is 0 Å². The van der Waals surface area contributed by atoms with Crippen molar-refractivity contribution in [2.24, 2.45) is 0 Å². The van der Waals surface area contributed by atoms with Crippen molar-refractivity contribution < 1.29 is 9.53 Å². The van der Waals surface area contributed by atoms with Crippen LogP contribution >= 0.6 is 23.5 Å². The van der Waals surface area contributed by atoms with E-state index >= 15 is 0 Å². The maximum atomic E-state index is 10.5. The summed E-state index contributed by atoms with van der Waals surface area (Å²) in [5.74, 6) is 0.712. The molecule has 1 saturated heterocycles. The molecule has 4 heteroatoms. The summed E-state index contributed by atoms with van der Waals surface area (Å²) in [6.07, 6.45) is 0. The lowest BCUT2D eigenvalue weighted by Crippen LogP contribution is -2.10. The van der Waals surface area contributed by atoms with E-state index in [9.17, 15) is 4.79 Å². The highest BCUT2D eigenvalue weighted by Gasteiger charge is 2.25. The molecule has 0 aromatic rings. The van der Waals surface area contributed by atoms with Gasteiger partial charge in [-0.15, -0.1) is 11.8 Å². The van der Waals surface area contributed by atoms with Gasteiger partial charge < -0.3 is 4.74 Å². The van der Waals surface area contributed by atoms with Gasteiger partial charge in [0, 0.05) is 12.7 Å². The van der Waals surface area contributed by atoms with Gasteiger partial charge in [0.15, 0.2) is 5.44 Å². The summed E-state index contributed by atoms with van der Waals surface area (Å²) in [5.41, 5.74) is 0.0579. The number of esters is 1. The summed E-state index contributed by atoms with van der Waals surface area (Å²) in [6, 6.07) is 0. The lowest BCUT2D eigenvalue weighted by molar-refractivity contribution is -0.141. The Morgan fingerprint density at radius 2 is 2.50 bits per heavy atom. The highest BCUT2D eigenvalue weighted by Crippen LogP contribution is 2.43. The number of carbonyl (C=O) groups is 1. The second-order valence-corrected chi connectivity index (χ2v) is 4.83. The van der Waals surface area contributed by atoms with Gasteiger partial charge in [0.25, 0.3) is 0 Å². The second kappa shape index (κ2) is 3.53. The molecule has 0 spiro atoms. The molecule has 1 fully saturated rings. The topological polar surface area (TPSA) is 26.3 Å². The standard InChI is InChI=1S/C6H9O2S2/c1-4(7)8-6-3-9-5(2)10-6/h6H,3H2,1-2H3. The first-order valence-electron chi connectivity index (χ1n) is 2.98. The summed E-state index contributed by atoms with van der Waals surface area (Å²) in [6.45, 7) is 3.48. The number of hydrogen-bond acceptors (Lipinski definition) is 4. The SMILES string of the molecule is C[C]1SCC(OC(C)=O)S1. The number of rotatable bonds is 1. The smallest absolute Gasteiger partial charge is 0.303 e. The van der Waals surface area contributed by atoms with Crippen LogP contribution in [0.2, 0.25) is 0 Å². The molecule has 1 aliphatic rings. The van der Waals surface area contributed by atoms with Crippen LogP contribution in [0.5, 0.6) is 0 Å². The Morgan fingerprint density at radius 3 is 2.90 bits per heavy atom. The first-order valence-corrected chi connectivity index (χ1v) is 4.85. The maximum absolute atomic E-state index is 10.5. The summed E-state index contributed by atoms with van der Waals surface area (Å²) >= 11 is 3.38. The fraction of sp³-hybridized carbons (Fsp3) is 0.667. The van der Waals surface area contributed by atoms with E-state index in [2.05, 4.69) is 0 Å². The van der Waals surface area contributed by atoms with Crippen LogP contribution in [0.25, 0.3) is 0 Å². The highest BCUT2D eigenvalue weighted by molar-refractivity contribution is 8.23. The van der Waals surface area contributed by atoms with Gasteiger partial charge in [0.1, 0.15) is 0 Å². The van der Waals surface area contributed by atoms with E-state index in [-0.39, 0.29) is 11.4 Å². The van der Waals surface area contributed by atoms with Crippen LogP contribution < -0.4 is 0 Å². The normalized spacial score (nSPS) is 26.8. The molecule has 2 nitrogen and oxygen atoms in total. The Bertz CT molecular complexity index is 138. The first kappa shape index (κ1) is 8.27. The Hall–Kier alpha value is 0.170. The Labute approximate surface area is 69.1 Å². The molecule has 0 amide bonds. The number of carbonyl (C=O) groups excluding carboxylic acids is 1. The van der Waals surface area contributed by atoms with E-state index in [1.165, 1.54) is 11.5 Å². The van der Waals surface area contributed by atoms with Crippen LogP contribution in [0.4, 0.5) is 0 Å². The zero-order valence-corrected chi connectivity index (χ0v) is 7.55. The van der Waals surface area contributed by atoms with E-state index in [1.807, 2.05) is 6.92 Å². The molecule has 0 aromatic carbocycles. The summed E-state index contributed by atoms with van der Waals surface area (Å²) in [7, 11) is 0. The summed E-state index contributed by atoms with van der Waals surface area (Å²) in [4.78, 5) is 10.5. The van der Waals surface area contributed by atoms with Gasteiger partial charge in [-0.05, 0) is 6.92 Å². The van der Waals surface area contributed by atoms with E-state index < -0.39 is 0 Å². The van der Waals surface area contributed by atoms with Crippen molar-refractivity contribution in [3.63, 3.8) is 0 Å². The fourth-order valence-electron chi connectivity index (χ4n) is 0.682. The third-order valence-electron chi connectivity index (χ3n) is 1.02. The van der Waals surface area contributed by atoms with Crippen molar-refractivity contribution in [2.75, 3.05) is 5.75 Å². The molecule has 0 bridgehead atoms. The molecular weight excluding hydrogens is 168 g/mol. The van der Waals surface area contributed by atoms with Crippen molar-refractivity contribution in [1.29, 1.82) is 0 Å². The van der Waals surface area contributed by atoms with Crippen LogP contribution in [-0.2, 0) is 9.53 Å². The lowest BCUT2D eigenvalue weighted by Gasteiger charge is -2.06. The van der Waals surface area contributed by atoms with E-state index in [4.69, 9.17) is 4.74 Å². The Balaban J connectivity index is 2.24. The summed E-state index contributed by atoms with van der Waals surface area (Å²) < 4.78 is 6.25. The minimum atomic E-state index is -0.187. The highest BCUT2D eigenvalue weighted by atomic mass is 32.2. The minimum absolute atomic E-state index is 0.0579. The molecule has 1 atom stereocenters. The first-order chi connectivity index (χ1) is 4.68. The third-order valence-corrected chi connectivity index (χ3v) is 3.60. The largest absolute Gasteiger partial charge is 0.451 e. The molecule has 10 heavy (non-hydrogen) atoms. The summed E-state index contributed by atoms with van der Waals surface area (Å²) in [5, 5.41) is 0. The molecule has 0 saturated carbocycles. The van der Waals surface area contributed by atoms with Crippen LogP contribution in [0.3, 0.4) is 0 Å². The monoisotopic (exact) mass is 177 g/mol. The van der Waals surface area contributed by atoms with Gasteiger partial charge in [-0.25, -0.2) is 0 Å². The van der Waals surface area contributed by atoms with Crippen LogP contribution in [0.1, 0.15) is 13.8 Å². The predicted molar refractivity (Wildman–Crippen MR) is 44.5 cm³/mol. The van der Waals surface area contributed by atoms with Crippen LogP contribution in [-0.4, -0.2) is 17.2 Å². The molecule has 1 aliphatic heterocycles. The van der Waals surface area contributed by atoms with Crippen LogP contribution in [0.15, 0.2) is 0 Å². The van der Waals surface area contributed by atoms with E-state index in [1.54, 1.807) is 23.5 Å². The third kappa shape index (κ3) is 2.42. The van der Waals surface area contributed by atoms with E-state index in [0.29, 0.717) is 0 Å². The van der Waals surface area contributed by atoms with Crippen LogP contribution in [0, 0.1) is 4.58 Å². The number of hydrogen-bond donors (Lipinski definition) is 0.